The summed E-state index contributed by atoms with van der Waals surface area (Å²) in [6, 6.07) is 0.210. The molecule has 4 nitrogen and oxygen atoms in total. The molecule has 0 bridgehead atoms. The van der Waals surface area contributed by atoms with E-state index in [-0.39, 0.29) is 18.5 Å². The Morgan fingerprint density at radius 2 is 2.21 bits per heavy atom. The van der Waals surface area contributed by atoms with Gasteiger partial charge < -0.3 is 15.4 Å². The van der Waals surface area contributed by atoms with Crippen molar-refractivity contribution >= 4 is 17.7 Å². The largest absolute Gasteiger partial charge is 0.370 e. The van der Waals surface area contributed by atoms with E-state index in [4.69, 9.17) is 10.5 Å². The topological polar surface area (TPSA) is 55.6 Å². The van der Waals surface area contributed by atoms with Crippen LogP contribution in [0.2, 0.25) is 0 Å². The average Bonchev–Trinajstić information content (AvgIpc) is 2.18. The van der Waals surface area contributed by atoms with Gasteiger partial charge in [0.25, 0.3) is 5.91 Å². The van der Waals surface area contributed by atoms with Crippen molar-refractivity contribution in [1.82, 2.24) is 4.90 Å². The fourth-order valence-corrected chi connectivity index (χ4v) is 1.80. The molecule has 0 fully saturated rings. The lowest BCUT2D eigenvalue weighted by Crippen LogP contribution is -2.46. The monoisotopic (exact) mass is 220 g/mol. The zero-order valence-electron chi connectivity index (χ0n) is 9.32. The molecule has 1 amide bonds. The molecule has 84 valence electrons. The molecular formula is C9H20N2O2S. The summed E-state index contributed by atoms with van der Waals surface area (Å²) in [6.07, 6.45) is 1.51. The van der Waals surface area contributed by atoms with Crippen molar-refractivity contribution in [2.24, 2.45) is 5.73 Å². The SMILES string of the molecule is COC(CN)C(=O)N(C)C(C)CSC. The highest BCUT2D eigenvalue weighted by Gasteiger charge is 2.23. The van der Waals surface area contributed by atoms with E-state index in [1.165, 1.54) is 7.11 Å². The molecule has 0 radical (unpaired) electrons. The number of thioether (sulfide) groups is 1. The molecule has 0 aliphatic carbocycles. The quantitative estimate of drug-likeness (QED) is 0.693. The van der Waals surface area contributed by atoms with Crippen molar-refractivity contribution < 1.29 is 9.53 Å². The normalized spacial score (nSPS) is 14.9. The number of methoxy groups -OCH3 is 1. The van der Waals surface area contributed by atoms with Crippen LogP contribution in [0, 0.1) is 0 Å². The molecule has 0 spiro atoms. The van der Waals surface area contributed by atoms with Gasteiger partial charge in [-0.3, -0.25) is 4.79 Å². The molecule has 0 heterocycles. The molecule has 0 aromatic carbocycles. The number of nitrogens with two attached hydrogens (primary N) is 1. The number of hydrogen-bond donors (Lipinski definition) is 1. The third kappa shape index (κ3) is 3.86. The van der Waals surface area contributed by atoms with E-state index < -0.39 is 6.10 Å². The Kier molecular flexibility index (Phi) is 6.96. The second-order valence-corrected chi connectivity index (χ2v) is 4.12. The van der Waals surface area contributed by atoms with E-state index >= 15 is 0 Å². The molecule has 2 unspecified atom stereocenters. The third-order valence-electron chi connectivity index (χ3n) is 2.19. The number of ether oxygens (including phenoxy) is 1. The van der Waals surface area contributed by atoms with E-state index in [2.05, 4.69) is 0 Å². The predicted octanol–water partition coefficient (Wildman–Crippen LogP) is 0.170. The maximum atomic E-state index is 11.7. The van der Waals surface area contributed by atoms with Crippen LogP contribution >= 0.6 is 11.8 Å². The first-order valence-electron chi connectivity index (χ1n) is 4.56. The molecule has 0 aliphatic heterocycles. The number of carbonyl (C=O) groups is 1. The maximum absolute atomic E-state index is 11.7. The van der Waals surface area contributed by atoms with E-state index in [1.807, 2.05) is 13.2 Å². The fraction of sp³-hybridized carbons (Fsp3) is 0.889. The van der Waals surface area contributed by atoms with Gasteiger partial charge in [-0.25, -0.2) is 0 Å². The summed E-state index contributed by atoms with van der Waals surface area (Å²) >= 11 is 1.72. The average molecular weight is 220 g/mol. The van der Waals surface area contributed by atoms with Gasteiger partial charge in [0.1, 0.15) is 6.10 Å². The van der Waals surface area contributed by atoms with Crippen LogP contribution in [-0.2, 0) is 9.53 Å². The molecule has 5 heteroatoms. The number of likely N-dealkylation sites (N-methyl/N-ethyl adjacent to an activating group) is 1. The van der Waals surface area contributed by atoms with E-state index in [9.17, 15) is 4.79 Å². The van der Waals surface area contributed by atoms with Crippen LogP contribution in [-0.4, -0.2) is 55.7 Å². The highest BCUT2D eigenvalue weighted by atomic mass is 32.2. The number of rotatable bonds is 6. The number of nitrogens with zero attached hydrogens (tertiary/aromatic N) is 1. The Morgan fingerprint density at radius 1 is 1.64 bits per heavy atom. The molecule has 0 rings (SSSR count). The summed E-state index contributed by atoms with van der Waals surface area (Å²) in [7, 11) is 3.29. The van der Waals surface area contributed by atoms with Crippen molar-refractivity contribution in [3.05, 3.63) is 0 Å². The number of hydrogen-bond acceptors (Lipinski definition) is 4. The zero-order valence-corrected chi connectivity index (χ0v) is 10.1. The van der Waals surface area contributed by atoms with Gasteiger partial charge in [0, 0.05) is 32.5 Å². The van der Waals surface area contributed by atoms with Crippen molar-refractivity contribution in [2.75, 3.05) is 32.7 Å². The van der Waals surface area contributed by atoms with Crippen molar-refractivity contribution in [3.63, 3.8) is 0 Å². The Balaban J connectivity index is 4.21. The molecule has 2 atom stereocenters. The second-order valence-electron chi connectivity index (χ2n) is 3.21. The molecule has 0 aromatic heterocycles. The Labute approximate surface area is 90.2 Å². The van der Waals surface area contributed by atoms with Gasteiger partial charge in [0.2, 0.25) is 0 Å². The lowest BCUT2D eigenvalue weighted by molar-refractivity contribution is -0.141. The summed E-state index contributed by atoms with van der Waals surface area (Å²) in [4.78, 5) is 13.4. The molecular weight excluding hydrogens is 200 g/mol. The molecule has 0 saturated heterocycles. The van der Waals surface area contributed by atoms with Gasteiger partial charge in [0.15, 0.2) is 0 Å². The first kappa shape index (κ1) is 13.7. The van der Waals surface area contributed by atoms with E-state index in [0.29, 0.717) is 0 Å². The number of carbonyl (C=O) groups excluding carboxylic acids is 1. The number of amides is 1. The molecule has 0 aliphatic rings. The van der Waals surface area contributed by atoms with E-state index in [1.54, 1.807) is 23.7 Å². The minimum absolute atomic E-state index is 0.0449. The summed E-state index contributed by atoms with van der Waals surface area (Å²) < 4.78 is 4.99. The predicted molar refractivity (Wildman–Crippen MR) is 60.5 cm³/mol. The lowest BCUT2D eigenvalue weighted by Gasteiger charge is -2.27. The van der Waals surface area contributed by atoms with Gasteiger partial charge in [-0.05, 0) is 13.2 Å². The minimum Gasteiger partial charge on any atom is -0.370 e. The highest BCUT2D eigenvalue weighted by molar-refractivity contribution is 7.98. The van der Waals surface area contributed by atoms with Crippen LogP contribution in [0.25, 0.3) is 0 Å². The summed E-state index contributed by atoms with van der Waals surface area (Å²) in [6.45, 7) is 2.24. The van der Waals surface area contributed by atoms with Crippen molar-refractivity contribution in [1.29, 1.82) is 0 Å². The first-order chi connectivity index (χ1) is 6.58. The van der Waals surface area contributed by atoms with Crippen molar-refractivity contribution in [3.8, 4) is 0 Å². The lowest BCUT2D eigenvalue weighted by atomic mass is 10.2. The Morgan fingerprint density at radius 3 is 2.57 bits per heavy atom. The fourth-order valence-electron chi connectivity index (χ4n) is 1.10. The highest BCUT2D eigenvalue weighted by Crippen LogP contribution is 2.06. The third-order valence-corrected chi connectivity index (χ3v) is 3.01. The van der Waals surface area contributed by atoms with E-state index in [0.717, 1.165) is 5.75 Å². The molecule has 0 saturated carbocycles. The van der Waals surface area contributed by atoms with Crippen LogP contribution in [0.15, 0.2) is 0 Å². The van der Waals surface area contributed by atoms with Gasteiger partial charge >= 0.3 is 0 Å². The smallest absolute Gasteiger partial charge is 0.253 e. The second kappa shape index (κ2) is 7.09. The van der Waals surface area contributed by atoms with Crippen LogP contribution < -0.4 is 5.73 Å². The Bertz CT molecular complexity index is 174. The van der Waals surface area contributed by atoms with Gasteiger partial charge in [-0.2, -0.15) is 11.8 Å². The minimum atomic E-state index is -0.510. The molecule has 0 aromatic rings. The van der Waals surface area contributed by atoms with Crippen LogP contribution in [0.1, 0.15) is 6.92 Å². The molecule has 14 heavy (non-hydrogen) atoms. The summed E-state index contributed by atoms with van der Waals surface area (Å²) in [5, 5.41) is 0. The van der Waals surface area contributed by atoms with Crippen LogP contribution in [0.4, 0.5) is 0 Å². The standard InChI is InChI=1S/C9H20N2O2S/c1-7(6-14-4)11(2)9(12)8(5-10)13-3/h7-8H,5-6,10H2,1-4H3. The summed E-state index contributed by atoms with van der Waals surface area (Å²) in [5.41, 5.74) is 5.42. The summed E-state index contributed by atoms with van der Waals surface area (Å²) in [5.74, 6) is 0.875. The van der Waals surface area contributed by atoms with Gasteiger partial charge in [-0.15, -0.1) is 0 Å². The first-order valence-corrected chi connectivity index (χ1v) is 5.96. The van der Waals surface area contributed by atoms with Gasteiger partial charge in [-0.1, -0.05) is 0 Å². The van der Waals surface area contributed by atoms with Crippen LogP contribution in [0.5, 0.6) is 0 Å². The molecule has 2 N–H and O–H groups in total. The zero-order chi connectivity index (χ0) is 11.1. The van der Waals surface area contributed by atoms with Crippen LogP contribution in [0.3, 0.4) is 0 Å². The van der Waals surface area contributed by atoms with Crippen molar-refractivity contribution in [2.45, 2.75) is 19.1 Å². The Hall–Kier alpha value is -0.260. The van der Waals surface area contributed by atoms with Gasteiger partial charge in [0.05, 0.1) is 0 Å². The maximum Gasteiger partial charge on any atom is 0.253 e.